The molecule has 3 aromatic carbocycles. The molecule has 1 saturated heterocycles. The van der Waals surface area contributed by atoms with E-state index >= 15 is 0 Å². The summed E-state index contributed by atoms with van der Waals surface area (Å²) in [5.41, 5.74) is 3.32. The number of piperazine rings is 1. The fraction of sp³-hybridized carbons (Fsp3) is 0.259. The number of nitrogens with zero attached hydrogens (tertiary/aromatic N) is 5. The van der Waals surface area contributed by atoms with Gasteiger partial charge in [0.2, 0.25) is 0 Å². The lowest BCUT2D eigenvalue weighted by atomic mass is 10.1. The van der Waals surface area contributed by atoms with E-state index in [1.165, 1.54) is 4.68 Å². The molecule has 10 heteroatoms. The van der Waals surface area contributed by atoms with Gasteiger partial charge in [0.1, 0.15) is 11.6 Å². The SMILES string of the molecule is Cc1nn(CC(O)c2ccc(Cl)cc2)c(=O)n1-c1ccc(N2CCN(c3ccc(O)cc3)CC2)cc1.O. The largest absolute Gasteiger partial charge is 0.508 e. The van der Waals surface area contributed by atoms with Crippen molar-refractivity contribution in [2.45, 2.75) is 19.6 Å². The lowest BCUT2D eigenvalue weighted by Crippen LogP contribution is -2.46. The second-order valence-corrected chi connectivity index (χ2v) is 9.36. The molecule has 0 amide bonds. The van der Waals surface area contributed by atoms with Gasteiger partial charge in [0.15, 0.2) is 0 Å². The van der Waals surface area contributed by atoms with E-state index in [-0.39, 0.29) is 23.5 Å². The van der Waals surface area contributed by atoms with Crippen LogP contribution in [0.25, 0.3) is 5.69 Å². The number of hydrogen-bond donors (Lipinski definition) is 2. The van der Waals surface area contributed by atoms with Crippen molar-refractivity contribution in [1.82, 2.24) is 14.3 Å². The van der Waals surface area contributed by atoms with E-state index < -0.39 is 6.10 Å². The van der Waals surface area contributed by atoms with Crippen LogP contribution in [0.2, 0.25) is 5.02 Å². The molecule has 1 aromatic heterocycles. The zero-order valence-electron chi connectivity index (χ0n) is 20.5. The first kappa shape index (κ1) is 26.3. The minimum absolute atomic E-state index is 0. The zero-order chi connectivity index (χ0) is 25.2. The molecule has 5 rings (SSSR count). The summed E-state index contributed by atoms with van der Waals surface area (Å²) in [5, 5.41) is 25.0. The second kappa shape index (κ2) is 11.1. The lowest BCUT2D eigenvalue weighted by molar-refractivity contribution is 0.149. The number of aromatic hydroxyl groups is 1. The molecular weight excluding hydrogens is 494 g/mol. The molecule has 0 radical (unpaired) electrons. The van der Waals surface area contributed by atoms with E-state index in [1.807, 2.05) is 36.4 Å². The summed E-state index contributed by atoms with van der Waals surface area (Å²) in [4.78, 5) is 17.7. The highest BCUT2D eigenvalue weighted by Crippen LogP contribution is 2.24. The van der Waals surface area contributed by atoms with Crippen LogP contribution in [-0.2, 0) is 6.54 Å². The maximum atomic E-state index is 13.1. The van der Waals surface area contributed by atoms with Gasteiger partial charge in [-0.2, -0.15) is 5.10 Å². The Bertz CT molecular complexity index is 1380. The maximum Gasteiger partial charge on any atom is 0.350 e. The Kier molecular flexibility index (Phi) is 7.87. The van der Waals surface area contributed by atoms with E-state index in [4.69, 9.17) is 11.6 Å². The van der Waals surface area contributed by atoms with E-state index in [9.17, 15) is 15.0 Å². The van der Waals surface area contributed by atoms with Crippen LogP contribution in [0.5, 0.6) is 5.75 Å². The number of benzene rings is 3. The van der Waals surface area contributed by atoms with Gasteiger partial charge in [0.25, 0.3) is 0 Å². The molecule has 1 aliphatic rings. The van der Waals surface area contributed by atoms with Crippen molar-refractivity contribution < 1.29 is 15.7 Å². The lowest BCUT2D eigenvalue weighted by Gasteiger charge is -2.37. The highest BCUT2D eigenvalue weighted by atomic mass is 35.5. The number of aliphatic hydroxyl groups is 1. The second-order valence-electron chi connectivity index (χ2n) is 8.92. The molecule has 4 aromatic rings. The van der Waals surface area contributed by atoms with E-state index in [1.54, 1.807) is 47.9 Å². The smallest absolute Gasteiger partial charge is 0.350 e. The number of rotatable bonds is 6. The van der Waals surface area contributed by atoms with Crippen molar-refractivity contribution in [2.75, 3.05) is 36.0 Å². The fourth-order valence-electron chi connectivity index (χ4n) is 4.59. The first-order valence-corrected chi connectivity index (χ1v) is 12.3. The molecule has 1 unspecified atom stereocenters. The summed E-state index contributed by atoms with van der Waals surface area (Å²) >= 11 is 5.93. The molecule has 1 aliphatic heterocycles. The third-order valence-electron chi connectivity index (χ3n) is 6.57. The number of phenols is 1. The summed E-state index contributed by atoms with van der Waals surface area (Å²) in [6, 6.07) is 22.1. The molecule has 0 aliphatic carbocycles. The van der Waals surface area contributed by atoms with Crippen LogP contribution in [0.3, 0.4) is 0 Å². The fourth-order valence-corrected chi connectivity index (χ4v) is 4.71. The van der Waals surface area contributed by atoms with E-state index in [0.29, 0.717) is 16.4 Å². The van der Waals surface area contributed by atoms with Crippen molar-refractivity contribution in [1.29, 1.82) is 0 Å². The summed E-state index contributed by atoms with van der Waals surface area (Å²) < 4.78 is 2.85. The van der Waals surface area contributed by atoms with Gasteiger partial charge in [-0.15, -0.1) is 0 Å². The van der Waals surface area contributed by atoms with Crippen LogP contribution in [-0.4, -0.2) is 56.2 Å². The van der Waals surface area contributed by atoms with Crippen LogP contribution in [0, 0.1) is 6.92 Å². The summed E-state index contributed by atoms with van der Waals surface area (Å²) in [7, 11) is 0. The molecule has 194 valence electrons. The van der Waals surface area contributed by atoms with Crippen molar-refractivity contribution in [3.05, 3.63) is 99.7 Å². The molecule has 9 nitrogen and oxygen atoms in total. The Morgan fingerprint density at radius 3 is 1.86 bits per heavy atom. The normalized spacial score (nSPS) is 14.4. The Labute approximate surface area is 219 Å². The van der Waals surface area contributed by atoms with Gasteiger partial charge in [0, 0.05) is 42.6 Å². The predicted molar refractivity (Wildman–Crippen MR) is 145 cm³/mol. The Morgan fingerprint density at radius 1 is 0.838 bits per heavy atom. The van der Waals surface area contributed by atoms with Crippen LogP contribution in [0.1, 0.15) is 17.5 Å². The first-order valence-electron chi connectivity index (χ1n) is 11.9. The van der Waals surface area contributed by atoms with Crippen LogP contribution < -0.4 is 15.5 Å². The molecule has 0 bridgehead atoms. The summed E-state index contributed by atoms with van der Waals surface area (Å²) in [6.07, 6.45) is -0.870. The van der Waals surface area contributed by atoms with Gasteiger partial charge in [-0.25, -0.2) is 14.0 Å². The first-order chi connectivity index (χ1) is 17.4. The predicted octanol–water partition coefficient (Wildman–Crippen LogP) is 2.94. The number of halogens is 1. The average molecular weight is 524 g/mol. The molecule has 37 heavy (non-hydrogen) atoms. The highest BCUT2D eigenvalue weighted by molar-refractivity contribution is 6.30. The summed E-state index contributed by atoms with van der Waals surface area (Å²) in [5.74, 6) is 0.827. The zero-order valence-corrected chi connectivity index (χ0v) is 21.2. The Morgan fingerprint density at radius 2 is 1.32 bits per heavy atom. The molecule has 4 N–H and O–H groups in total. The standard InChI is InChI=1S/C27H28ClN5O3.H2O/c1-19-29-32(18-26(35)20-2-4-21(28)5-3-20)27(36)33(19)24-8-6-22(7-9-24)30-14-16-31(17-15-30)23-10-12-25(34)13-11-23;/h2-13,26,34-35H,14-18H2,1H3;1H2. The molecular formula is C27H30ClN5O4. The van der Waals surface area contributed by atoms with E-state index in [0.717, 1.165) is 43.2 Å². The minimum atomic E-state index is -0.870. The van der Waals surface area contributed by atoms with Crippen LogP contribution >= 0.6 is 11.6 Å². The number of hydrogen-bond acceptors (Lipinski definition) is 6. The van der Waals surface area contributed by atoms with Gasteiger partial charge >= 0.3 is 5.69 Å². The quantitative estimate of drug-likeness (QED) is 0.401. The van der Waals surface area contributed by atoms with Crippen molar-refractivity contribution in [2.24, 2.45) is 0 Å². The van der Waals surface area contributed by atoms with Crippen molar-refractivity contribution in [3.63, 3.8) is 0 Å². The van der Waals surface area contributed by atoms with E-state index in [2.05, 4.69) is 14.9 Å². The number of aromatic nitrogens is 3. The maximum absolute atomic E-state index is 13.1. The van der Waals surface area contributed by atoms with Gasteiger partial charge in [-0.3, -0.25) is 0 Å². The molecule has 0 spiro atoms. The van der Waals surface area contributed by atoms with Crippen LogP contribution in [0.15, 0.2) is 77.6 Å². The van der Waals surface area contributed by atoms with Gasteiger partial charge in [0.05, 0.1) is 18.3 Å². The molecule has 0 saturated carbocycles. The topological polar surface area (TPSA) is 118 Å². The number of anilines is 2. The third-order valence-corrected chi connectivity index (χ3v) is 6.82. The van der Waals surface area contributed by atoms with Gasteiger partial charge < -0.3 is 25.5 Å². The summed E-state index contributed by atoms with van der Waals surface area (Å²) in [6.45, 7) is 5.35. The van der Waals surface area contributed by atoms with Crippen molar-refractivity contribution >= 4 is 23.0 Å². The molecule has 1 fully saturated rings. The van der Waals surface area contributed by atoms with Gasteiger partial charge in [-0.05, 0) is 73.2 Å². The molecule has 2 heterocycles. The molecule has 1 atom stereocenters. The van der Waals surface area contributed by atoms with Gasteiger partial charge in [-0.1, -0.05) is 23.7 Å². The number of aryl methyl sites for hydroxylation is 1. The Balaban J connectivity index is 0.00000320. The highest BCUT2D eigenvalue weighted by Gasteiger charge is 2.19. The van der Waals surface area contributed by atoms with Crippen molar-refractivity contribution in [3.8, 4) is 11.4 Å². The third kappa shape index (κ3) is 5.64. The minimum Gasteiger partial charge on any atom is -0.508 e. The number of phenolic OH excluding ortho intramolecular Hbond substituents is 1. The Hall–Kier alpha value is -3.79. The van der Waals surface area contributed by atoms with Crippen LogP contribution in [0.4, 0.5) is 11.4 Å². The number of aliphatic hydroxyl groups excluding tert-OH is 1. The monoisotopic (exact) mass is 523 g/mol. The average Bonchev–Trinajstić information content (AvgIpc) is 3.17.